The van der Waals surface area contributed by atoms with Crippen molar-refractivity contribution >= 4 is 5.82 Å². The molecule has 0 aliphatic carbocycles. The summed E-state index contributed by atoms with van der Waals surface area (Å²) in [5.74, 6) is 1.27. The van der Waals surface area contributed by atoms with E-state index in [4.69, 9.17) is 5.73 Å². The van der Waals surface area contributed by atoms with Crippen molar-refractivity contribution in [2.24, 2.45) is 12.8 Å². The number of rotatable bonds is 5. The molecule has 2 N–H and O–H groups in total. The molecule has 1 aliphatic heterocycles. The molecule has 114 valence electrons. The van der Waals surface area contributed by atoms with E-state index in [1.807, 2.05) is 11.7 Å². The summed E-state index contributed by atoms with van der Waals surface area (Å²) in [6.45, 7) is 12.1. The Morgan fingerprint density at radius 2 is 1.90 bits per heavy atom. The smallest absolute Gasteiger partial charge is 0.130 e. The minimum atomic E-state index is 0.179. The number of hydrogen-bond acceptors (Lipinski definition) is 4. The van der Waals surface area contributed by atoms with E-state index >= 15 is 0 Å². The fourth-order valence-corrected chi connectivity index (χ4v) is 3.15. The van der Waals surface area contributed by atoms with Gasteiger partial charge in [0, 0.05) is 44.8 Å². The Hall–Kier alpha value is -1.07. The Balaban J connectivity index is 2.13. The van der Waals surface area contributed by atoms with Crippen LogP contribution in [0.5, 0.6) is 0 Å². The molecule has 0 amide bonds. The zero-order chi connectivity index (χ0) is 14.7. The SMILES string of the molecule is CCCN1CCN(c2c(CC(C)N)c(C)nn2C)CC1. The number of aromatic nitrogens is 2. The summed E-state index contributed by atoms with van der Waals surface area (Å²) in [6, 6.07) is 0.179. The van der Waals surface area contributed by atoms with E-state index in [0.29, 0.717) is 0 Å². The normalized spacial score (nSPS) is 18.6. The molecule has 5 heteroatoms. The van der Waals surface area contributed by atoms with Crippen LogP contribution in [0.15, 0.2) is 0 Å². The minimum absolute atomic E-state index is 0.179. The molecule has 1 fully saturated rings. The standard InChI is InChI=1S/C15H29N5/c1-5-6-19-7-9-20(10-8-19)15-14(11-12(2)16)13(3)17-18(15)4/h12H,5-11,16H2,1-4H3. The third-order valence-corrected chi connectivity index (χ3v) is 4.05. The van der Waals surface area contributed by atoms with Gasteiger partial charge in [-0.3, -0.25) is 9.58 Å². The molecule has 1 unspecified atom stereocenters. The van der Waals surface area contributed by atoms with Crippen LogP contribution in [-0.4, -0.2) is 53.4 Å². The molecule has 0 spiro atoms. The van der Waals surface area contributed by atoms with Gasteiger partial charge in [0.2, 0.25) is 0 Å². The van der Waals surface area contributed by atoms with Crippen molar-refractivity contribution in [1.82, 2.24) is 14.7 Å². The van der Waals surface area contributed by atoms with Gasteiger partial charge in [-0.25, -0.2) is 0 Å². The highest BCUT2D eigenvalue weighted by Gasteiger charge is 2.23. The van der Waals surface area contributed by atoms with Crippen molar-refractivity contribution in [3.05, 3.63) is 11.3 Å². The van der Waals surface area contributed by atoms with Gasteiger partial charge in [0.1, 0.15) is 5.82 Å². The van der Waals surface area contributed by atoms with Crippen molar-refractivity contribution in [3.8, 4) is 0 Å². The number of nitrogens with zero attached hydrogens (tertiary/aromatic N) is 4. The van der Waals surface area contributed by atoms with E-state index in [2.05, 4.69) is 35.7 Å². The van der Waals surface area contributed by atoms with E-state index in [9.17, 15) is 0 Å². The molecule has 0 aromatic carbocycles. The number of nitrogens with two attached hydrogens (primary N) is 1. The van der Waals surface area contributed by atoms with E-state index in [0.717, 1.165) is 38.3 Å². The lowest BCUT2D eigenvalue weighted by Crippen LogP contribution is -2.47. The lowest BCUT2D eigenvalue weighted by Gasteiger charge is -2.36. The molecule has 5 nitrogen and oxygen atoms in total. The van der Waals surface area contributed by atoms with Crippen molar-refractivity contribution < 1.29 is 0 Å². The van der Waals surface area contributed by atoms with Crippen LogP contribution in [0.2, 0.25) is 0 Å². The van der Waals surface area contributed by atoms with Crippen molar-refractivity contribution in [3.63, 3.8) is 0 Å². The molecule has 1 saturated heterocycles. The molecular weight excluding hydrogens is 250 g/mol. The lowest BCUT2D eigenvalue weighted by molar-refractivity contribution is 0.257. The molecule has 0 radical (unpaired) electrons. The Morgan fingerprint density at radius 3 is 2.45 bits per heavy atom. The summed E-state index contributed by atoms with van der Waals surface area (Å²) < 4.78 is 2.03. The van der Waals surface area contributed by atoms with Gasteiger partial charge in [-0.1, -0.05) is 6.92 Å². The van der Waals surface area contributed by atoms with Gasteiger partial charge in [-0.15, -0.1) is 0 Å². The number of hydrogen-bond donors (Lipinski definition) is 1. The highest BCUT2D eigenvalue weighted by atomic mass is 15.4. The second-order valence-corrected chi connectivity index (χ2v) is 6.02. The van der Waals surface area contributed by atoms with Crippen LogP contribution < -0.4 is 10.6 Å². The minimum Gasteiger partial charge on any atom is -0.354 e. The van der Waals surface area contributed by atoms with Crippen LogP contribution in [-0.2, 0) is 13.5 Å². The van der Waals surface area contributed by atoms with Crippen LogP contribution in [0.3, 0.4) is 0 Å². The van der Waals surface area contributed by atoms with Gasteiger partial charge >= 0.3 is 0 Å². The third-order valence-electron chi connectivity index (χ3n) is 4.05. The molecule has 0 saturated carbocycles. The first-order valence-electron chi connectivity index (χ1n) is 7.78. The molecule has 2 rings (SSSR count). The number of piperazine rings is 1. The number of aryl methyl sites for hydroxylation is 2. The monoisotopic (exact) mass is 279 g/mol. The average Bonchev–Trinajstić information content (AvgIpc) is 2.65. The predicted octanol–water partition coefficient (Wildman–Crippen LogP) is 1.15. The van der Waals surface area contributed by atoms with Crippen molar-refractivity contribution in [2.75, 3.05) is 37.6 Å². The van der Waals surface area contributed by atoms with Crippen LogP contribution >= 0.6 is 0 Å². The van der Waals surface area contributed by atoms with Gasteiger partial charge < -0.3 is 10.6 Å². The molecule has 1 atom stereocenters. The lowest BCUT2D eigenvalue weighted by atomic mass is 10.1. The molecule has 1 aromatic heterocycles. The molecular formula is C15H29N5. The first-order chi connectivity index (χ1) is 9.52. The Kier molecular flexibility index (Phi) is 5.05. The van der Waals surface area contributed by atoms with Gasteiger partial charge in [-0.2, -0.15) is 5.10 Å². The predicted molar refractivity (Wildman–Crippen MR) is 84.2 cm³/mol. The van der Waals surface area contributed by atoms with E-state index < -0.39 is 0 Å². The van der Waals surface area contributed by atoms with Crippen LogP contribution in [0.25, 0.3) is 0 Å². The summed E-state index contributed by atoms with van der Waals surface area (Å²) in [4.78, 5) is 5.02. The molecule has 1 aliphatic rings. The highest BCUT2D eigenvalue weighted by Crippen LogP contribution is 2.25. The second kappa shape index (κ2) is 6.59. The maximum atomic E-state index is 6.00. The first kappa shape index (κ1) is 15.3. The molecule has 0 bridgehead atoms. The zero-order valence-electron chi connectivity index (χ0n) is 13.4. The summed E-state index contributed by atoms with van der Waals surface area (Å²) in [6.07, 6.45) is 2.14. The largest absolute Gasteiger partial charge is 0.354 e. The average molecular weight is 279 g/mol. The van der Waals surface area contributed by atoms with E-state index in [1.54, 1.807) is 0 Å². The topological polar surface area (TPSA) is 50.3 Å². The first-order valence-corrected chi connectivity index (χ1v) is 7.78. The Morgan fingerprint density at radius 1 is 1.25 bits per heavy atom. The Labute approximate surface area is 122 Å². The van der Waals surface area contributed by atoms with Crippen LogP contribution in [0.1, 0.15) is 31.5 Å². The maximum absolute atomic E-state index is 6.00. The maximum Gasteiger partial charge on any atom is 0.130 e. The van der Waals surface area contributed by atoms with Gasteiger partial charge in [-0.05, 0) is 33.2 Å². The van der Waals surface area contributed by atoms with Crippen molar-refractivity contribution in [2.45, 2.75) is 39.7 Å². The zero-order valence-corrected chi connectivity index (χ0v) is 13.4. The molecule has 20 heavy (non-hydrogen) atoms. The number of anilines is 1. The second-order valence-electron chi connectivity index (χ2n) is 6.02. The van der Waals surface area contributed by atoms with Gasteiger partial charge in [0.15, 0.2) is 0 Å². The third kappa shape index (κ3) is 3.33. The quantitative estimate of drug-likeness (QED) is 0.878. The van der Waals surface area contributed by atoms with Crippen molar-refractivity contribution in [1.29, 1.82) is 0 Å². The van der Waals surface area contributed by atoms with E-state index in [1.165, 1.54) is 24.3 Å². The summed E-state index contributed by atoms with van der Waals surface area (Å²) in [5.41, 5.74) is 8.45. The summed E-state index contributed by atoms with van der Waals surface area (Å²) in [5, 5.41) is 4.60. The van der Waals surface area contributed by atoms with Gasteiger partial charge in [0.25, 0.3) is 0 Å². The highest BCUT2D eigenvalue weighted by molar-refractivity contribution is 5.51. The Bertz CT molecular complexity index is 430. The van der Waals surface area contributed by atoms with Crippen LogP contribution in [0.4, 0.5) is 5.82 Å². The summed E-state index contributed by atoms with van der Waals surface area (Å²) >= 11 is 0. The molecule has 1 aromatic rings. The fraction of sp³-hybridized carbons (Fsp3) is 0.800. The fourth-order valence-electron chi connectivity index (χ4n) is 3.15. The molecule has 2 heterocycles. The van der Waals surface area contributed by atoms with Gasteiger partial charge in [0.05, 0.1) is 5.69 Å². The summed E-state index contributed by atoms with van der Waals surface area (Å²) in [7, 11) is 2.05. The van der Waals surface area contributed by atoms with E-state index in [-0.39, 0.29) is 6.04 Å². The van der Waals surface area contributed by atoms with Crippen LogP contribution in [0, 0.1) is 6.92 Å².